The van der Waals surface area contributed by atoms with Crippen molar-refractivity contribution in [3.05, 3.63) is 54.4 Å². The van der Waals surface area contributed by atoms with Gasteiger partial charge in [-0.1, -0.05) is 18.2 Å². The molecule has 0 aliphatic rings. The molecule has 1 amide bonds. The maximum absolute atomic E-state index is 11.8. The fraction of sp³-hybridized carbons (Fsp3) is 0.0625. The Bertz CT molecular complexity index is 859. The Hall–Kier alpha value is -3.35. The standard InChI is InChI=1S/C16H13N3O4/c20-15(17-14-7-8-19(18-14)10-16(21)22)6-5-12-9-11-3-1-2-4-13(11)23-12/h1-9H,10H2,(H,21,22)(H,17,18,20)/b6-5+. The van der Waals surface area contributed by atoms with E-state index in [0.29, 0.717) is 5.76 Å². The second-order valence-electron chi connectivity index (χ2n) is 4.80. The molecule has 7 heteroatoms. The highest BCUT2D eigenvalue weighted by Crippen LogP contribution is 2.19. The quantitative estimate of drug-likeness (QED) is 0.705. The van der Waals surface area contributed by atoms with E-state index < -0.39 is 5.97 Å². The van der Waals surface area contributed by atoms with Crippen molar-refractivity contribution in [1.29, 1.82) is 0 Å². The number of fused-ring (bicyclic) bond motifs is 1. The molecule has 0 unspecified atom stereocenters. The second-order valence-corrected chi connectivity index (χ2v) is 4.80. The van der Waals surface area contributed by atoms with Crippen LogP contribution in [0.3, 0.4) is 0 Å². The van der Waals surface area contributed by atoms with Crippen LogP contribution in [0, 0.1) is 0 Å². The molecule has 116 valence electrons. The van der Waals surface area contributed by atoms with Crippen LogP contribution in [0.5, 0.6) is 0 Å². The van der Waals surface area contributed by atoms with Crippen LogP contribution in [0.4, 0.5) is 5.82 Å². The number of hydrogen-bond acceptors (Lipinski definition) is 4. The number of nitrogens with one attached hydrogen (secondary N) is 1. The molecule has 0 aliphatic carbocycles. The molecule has 0 bridgehead atoms. The monoisotopic (exact) mass is 311 g/mol. The lowest BCUT2D eigenvalue weighted by Gasteiger charge is -1.97. The van der Waals surface area contributed by atoms with Crippen molar-refractivity contribution in [3.63, 3.8) is 0 Å². The van der Waals surface area contributed by atoms with E-state index >= 15 is 0 Å². The molecule has 1 aromatic carbocycles. The first-order chi connectivity index (χ1) is 11.1. The highest BCUT2D eigenvalue weighted by atomic mass is 16.4. The summed E-state index contributed by atoms with van der Waals surface area (Å²) < 4.78 is 6.79. The molecule has 23 heavy (non-hydrogen) atoms. The van der Waals surface area contributed by atoms with Gasteiger partial charge in [-0.2, -0.15) is 5.10 Å². The number of carboxylic acids is 1. The number of anilines is 1. The van der Waals surface area contributed by atoms with Crippen LogP contribution in [0.1, 0.15) is 5.76 Å². The summed E-state index contributed by atoms with van der Waals surface area (Å²) in [5.41, 5.74) is 0.750. The predicted octanol–water partition coefficient (Wildman–Crippen LogP) is 2.37. The highest BCUT2D eigenvalue weighted by molar-refractivity contribution is 6.01. The smallest absolute Gasteiger partial charge is 0.325 e. The third-order valence-corrected chi connectivity index (χ3v) is 3.03. The number of rotatable bonds is 5. The summed E-state index contributed by atoms with van der Waals surface area (Å²) in [7, 11) is 0. The van der Waals surface area contributed by atoms with Crippen molar-refractivity contribution < 1.29 is 19.1 Å². The molecule has 2 N–H and O–H groups in total. The summed E-state index contributed by atoms with van der Waals surface area (Å²) >= 11 is 0. The van der Waals surface area contributed by atoms with Crippen molar-refractivity contribution in [3.8, 4) is 0 Å². The summed E-state index contributed by atoms with van der Waals surface area (Å²) in [6, 6.07) is 10.9. The summed E-state index contributed by atoms with van der Waals surface area (Å²) in [5.74, 6) is -0.537. The third-order valence-electron chi connectivity index (χ3n) is 3.03. The molecule has 7 nitrogen and oxygen atoms in total. The first-order valence-corrected chi connectivity index (χ1v) is 6.83. The zero-order chi connectivity index (χ0) is 16.2. The number of benzene rings is 1. The summed E-state index contributed by atoms with van der Waals surface area (Å²) in [4.78, 5) is 22.4. The van der Waals surface area contributed by atoms with Gasteiger partial charge in [0, 0.05) is 23.7 Å². The average molecular weight is 311 g/mol. The Morgan fingerprint density at radius 3 is 2.91 bits per heavy atom. The fourth-order valence-corrected chi connectivity index (χ4v) is 2.07. The maximum Gasteiger partial charge on any atom is 0.325 e. The van der Waals surface area contributed by atoms with Gasteiger partial charge in [-0.15, -0.1) is 0 Å². The molecule has 0 saturated heterocycles. The molecule has 3 rings (SSSR count). The lowest BCUT2D eigenvalue weighted by molar-refractivity contribution is -0.137. The number of nitrogens with zero attached hydrogens (tertiary/aromatic N) is 2. The molecule has 3 aromatic rings. The molecular formula is C16H13N3O4. The summed E-state index contributed by atoms with van der Waals surface area (Å²) in [6.45, 7) is -0.259. The number of amides is 1. The minimum Gasteiger partial charge on any atom is -0.480 e. The lowest BCUT2D eigenvalue weighted by atomic mass is 10.2. The van der Waals surface area contributed by atoms with Gasteiger partial charge in [-0.05, 0) is 18.2 Å². The number of aromatic nitrogens is 2. The minimum atomic E-state index is -1.00. The van der Waals surface area contributed by atoms with E-state index in [1.54, 1.807) is 6.08 Å². The van der Waals surface area contributed by atoms with E-state index in [9.17, 15) is 9.59 Å². The number of carbonyl (C=O) groups is 2. The number of carboxylic acid groups (broad SMARTS) is 1. The van der Waals surface area contributed by atoms with E-state index in [2.05, 4.69) is 10.4 Å². The fourth-order valence-electron chi connectivity index (χ4n) is 2.07. The molecule has 2 aromatic heterocycles. The van der Waals surface area contributed by atoms with Crippen molar-refractivity contribution in [2.24, 2.45) is 0 Å². The zero-order valence-electron chi connectivity index (χ0n) is 12.0. The van der Waals surface area contributed by atoms with Gasteiger partial charge in [0.25, 0.3) is 0 Å². The van der Waals surface area contributed by atoms with E-state index in [1.807, 2.05) is 30.3 Å². The average Bonchev–Trinajstić information content (AvgIpc) is 3.10. The van der Waals surface area contributed by atoms with Crippen molar-refractivity contribution in [1.82, 2.24) is 9.78 Å². The van der Waals surface area contributed by atoms with Gasteiger partial charge in [-0.25, -0.2) is 0 Å². The van der Waals surface area contributed by atoms with Crippen LogP contribution < -0.4 is 5.32 Å². The van der Waals surface area contributed by atoms with E-state index in [1.165, 1.54) is 23.0 Å². The first-order valence-electron chi connectivity index (χ1n) is 6.83. The van der Waals surface area contributed by atoms with E-state index in [4.69, 9.17) is 9.52 Å². The lowest BCUT2D eigenvalue weighted by Crippen LogP contribution is -2.11. The number of carbonyl (C=O) groups excluding carboxylic acids is 1. The van der Waals surface area contributed by atoms with Gasteiger partial charge >= 0.3 is 5.97 Å². The Morgan fingerprint density at radius 1 is 1.30 bits per heavy atom. The number of hydrogen-bond donors (Lipinski definition) is 2. The van der Waals surface area contributed by atoms with Gasteiger partial charge in [0.15, 0.2) is 5.82 Å². The van der Waals surface area contributed by atoms with E-state index in [0.717, 1.165) is 11.0 Å². The van der Waals surface area contributed by atoms with Gasteiger partial charge in [-0.3, -0.25) is 14.3 Å². The minimum absolute atomic E-state index is 0.259. The molecule has 0 fully saturated rings. The summed E-state index contributed by atoms with van der Waals surface area (Å²) in [5, 5.41) is 16.1. The normalized spacial score (nSPS) is 11.1. The molecule has 0 saturated carbocycles. The third kappa shape index (κ3) is 3.65. The topological polar surface area (TPSA) is 97.4 Å². The molecule has 0 spiro atoms. The number of furan rings is 1. The Balaban J connectivity index is 1.64. The van der Waals surface area contributed by atoms with Gasteiger partial charge in [0.1, 0.15) is 17.9 Å². The largest absolute Gasteiger partial charge is 0.480 e. The van der Waals surface area contributed by atoms with Crippen LogP contribution in [-0.2, 0) is 16.1 Å². The van der Waals surface area contributed by atoms with Crippen molar-refractivity contribution >= 4 is 34.7 Å². The summed E-state index contributed by atoms with van der Waals surface area (Å²) in [6.07, 6.45) is 4.37. The first kappa shape index (κ1) is 14.6. The predicted molar refractivity (Wildman–Crippen MR) is 83.7 cm³/mol. The molecule has 0 radical (unpaired) electrons. The second kappa shape index (κ2) is 6.18. The van der Waals surface area contributed by atoms with Crippen molar-refractivity contribution in [2.75, 3.05) is 5.32 Å². The highest BCUT2D eigenvalue weighted by Gasteiger charge is 2.05. The van der Waals surface area contributed by atoms with Crippen LogP contribution in [0.15, 0.2) is 53.1 Å². The van der Waals surface area contributed by atoms with Gasteiger partial charge < -0.3 is 14.8 Å². The molecule has 2 heterocycles. The van der Waals surface area contributed by atoms with Crippen LogP contribution >= 0.6 is 0 Å². The Kier molecular flexibility index (Phi) is 3.92. The Morgan fingerprint density at radius 2 is 2.13 bits per heavy atom. The van der Waals surface area contributed by atoms with Crippen molar-refractivity contribution in [2.45, 2.75) is 6.54 Å². The number of para-hydroxylation sites is 1. The molecular weight excluding hydrogens is 298 g/mol. The van der Waals surface area contributed by atoms with E-state index in [-0.39, 0.29) is 18.3 Å². The van der Waals surface area contributed by atoms with Crippen LogP contribution in [-0.4, -0.2) is 26.8 Å². The molecule has 0 aliphatic heterocycles. The Labute approximate surface area is 130 Å². The maximum atomic E-state index is 11.8. The van der Waals surface area contributed by atoms with Crippen LogP contribution in [0.25, 0.3) is 17.0 Å². The van der Waals surface area contributed by atoms with Crippen LogP contribution in [0.2, 0.25) is 0 Å². The zero-order valence-corrected chi connectivity index (χ0v) is 12.0. The molecule has 0 atom stereocenters. The van der Waals surface area contributed by atoms with Gasteiger partial charge in [0.2, 0.25) is 5.91 Å². The number of aliphatic carboxylic acids is 1. The SMILES string of the molecule is O=C(O)Cn1ccc(NC(=O)/C=C/c2cc3ccccc3o2)n1. The van der Waals surface area contributed by atoms with Gasteiger partial charge in [0.05, 0.1) is 0 Å².